The van der Waals surface area contributed by atoms with Gasteiger partial charge in [0.2, 0.25) is 5.91 Å². The van der Waals surface area contributed by atoms with Crippen molar-refractivity contribution < 1.29 is 9.53 Å². The van der Waals surface area contributed by atoms with Gasteiger partial charge in [-0.2, -0.15) is 0 Å². The Hall–Kier alpha value is -3.02. The molecular weight excluding hydrogens is 388 g/mol. The molecule has 3 rings (SSSR count). The number of hydrogen-bond acceptors (Lipinski definition) is 3. The maximum absolute atomic E-state index is 11.9. The molecule has 2 aromatic rings. The van der Waals surface area contributed by atoms with E-state index in [-0.39, 0.29) is 11.9 Å². The van der Waals surface area contributed by atoms with Gasteiger partial charge in [-0.3, -0.25) is 4.79 Å². The van der Waals surface area contributed by atoms with Crippen molar-refractivity contribution in [2.75, 3.05) is 20.2 Å². The number of benzene rings is 2. The zero-order valence-electron chi connectivity index (χ0n) is 19.1. The monoisotopic (exact) mass is 422 g/mol. The van der Waals surface area contributed by atoms with Crippen molar-refractivity contribution in [1.82, 2.24) is 15.5 Å². The van der Waals surface area contributed by atoms with Gasteiger partial charge in [0.15, 0.2) is 5.96 Å². The van der Waals surface area contributed by atoms with Gasteiger partial charge in [0.05, 0.1) is 19.7 Å². The molecule has 0 bridgehead atoms. The summed E-state index contributed by atoms with van der Waals surface area (Å²) in [6.45, 7) is 9.13. The predicted molar refractivity (Wildman–Crippen MR) is 125 cm³/mol. The first-order valence-electron chi connectivity index (χ1n) is 11.0. The smallest absolute Gasteiger partial charge is 0.222 e. The number of likely N-dealkylation sites (tertiary alicyclic amines) is 1. The number of guanidine groups is 1. The average molecular weight is 423 g/mol. The number of aliphatic imine (C=N–C) groups is 1. The first kappa shape index (κ1) is 22.7. The topological polar surface area (TPSA) is 66.0 Å². The van der Waals surface area contributed by atoms with Gasteiger partial charge in [0, 0.05) is 31.6 Å². The highest BCUT2D eigenvalue weighted by Gasteiger charge is 2.20. The first-order valence-corrected chi connectivity index (χ1v) is 11.0. The number of ether oxygens (including phenoxy) is 1. The predicted octanol–water partition coefficient (Wildman–Crippen LogP) is 3.94. The lowest BCUT2D eigenvalue weighted by molar-refractivity contribution is -0.128. The van der Waals surface area contributed by atoms with Crippen molar-refractivity contribution >= 4 is 11.9 Å². The highest BCUT2D eigenvalue weighted by atomic mass is 16.5. The van der Waals surface area contributed by atoms with Gasteiger partial charge in [0.25, 0.3) is 0 Å². The number of carbonyl (C=O) groups excluding carboxylic acids is 1. The minimum Gasteiger partial charge on any atom is -0.496 e. The van der Waals surface area contributed by atoms with Crippen molar-refractivity contribution in [1.29, 1.82) is 0 Å². The fourth-order valence-corrected chi connectivity index (χ4v) is 3.88. The van der Waals surface area contributed by atoms with Crippen LogP contribution in [-0.2, 0) is 17.9 Å². The maximum atomic E-state index is 11.9. The number of methoxy groups -OCH3 is 1. The molecular formula is C25H34N4O2. The molecule has 6 nitrogen and oxygen atoms in total. The summed E-state index contributed by atoms with van der Waals surface area (Å²) in [7, 11) is 1.70. The summed E-state index contributed by atoms with van der Waals surface area (Å²) in [5.74, 6) is 1.88. The third kappa shape index (κ3) is 6.23. The standard InChI is InChI=1S/C25H34N4O2/c1-5-26-25(28-19(3)22-14-18(2)11-12-23(22)31-4)27-16-20-8-6-9-21(15-20)17-29-13-7-10-24(29)30/h6,8-9,11-12,14-15,19H,5,7,10,13,16-17H2,1-4H3,(H2,26,27,28). The van der Waals surface area contributed by atoms with Crippen LogP contribution >= 0.6 is 0 Å². The molecule has 166 valence electrons. The molecule has 1 aliphatic heterocycles. The van der Waals surface area contributed by atoms with Crippen molar-refractivity contribution in [3.63, 3.8) is 0 Å². The summed E-state index contributed by atoms with van der Waals surface area (Å²) >= 11 is 0. The molecule has 2 aromatic carbocycles. The average Bonchev–Trinajstić information content (AvgIpc) is 3.16. The van der Waals surface area contributed by atoms with Crippen molar-refractivity contribution in [2.24, 2.45) is 4.99 Å². The summed E-state index contributed by atoms with van der Waals surface area (Å²) in [5, 5.41) is 6.82. The van der Waals surface area contributed by atoms with Crippen molar-refractivity contribution in [3.05, 3.63) is 64.7 Å². The van der Waals surface area contributed by atoms with E-state index < -0.39 is 0 Å². The Morgan fingerprint density at radius 2 is 2.03 bits per heavy atom. The largest absolute Gasteiger partial charge is 0.496 e. The summed E-state index contributed by atoms with van der Waals surface area (Å²) in [6, 6.07) is 14.6. The van der Waals surface area contributed by atoms with E-state index in [1.165, 1.54) is 5.56 Å². The van der Waals surface area contributed by atoms with Crippen LogP contribution in [0.25, 0.3) is 0 Å². The molecule has 0 spiro atoms. The zero-order chi connectivity index (χ0) is 22.2. The second kappa shape index (κ2) is 10.8. The van der Waals surface area contributed by atoms with E-state index in [2.05, 4.69) is 61.7 Å². The van der Waals surface area contributed by atoms with E-state index in [1.807, 2.05) is 17.0 Å². The number of nitrogens with zero attached hydrogens (tertiary/aromatic N) is 2. The fourth-order valence-electron chi connectivity index (χ4n) is 3.88. The normalized spacial score (nSPS) is 15.2. The van der Waals surface area contributed by atoms with Crippen LogP contribution in [0.4, 0.5) is 0 Å². The molecule has 0 saturated carbocycles. The quantitative estimate of drug-likeness (QED) is 0.500. The van der Waals surface area contributed by atoms with Crippen LogP contribution in [0.3, 0.4) is 0 Å². The molecule has 6 heteroatoms. The van der Waals surface area contributed by atoms with Gasteiger partial charge in [0.1, 0.15) is 5.75 Å². The summed E-state index contributed by atoms with van der Waals surface area (Å²) in [5.41, 5.74) is 4.57. The number of nitrogens with one attached hydrogen (secondary N) is 2. The Morgan fingerprint density at radius 3 is 2.74 bits per heavy atom. The third-order valence-electron chi connectivity index (χ3n) is 5.51. The number of hydrogen-bond donors (Lipinski definition) is 2. The second-order valence-electron chi connectivity index (χ2n) is 8.05. The lowest BCUT2D eigenvalue weighted by Crippen LogP contribution is -2.38. The van der Waals surface area contributed by atoms with Gasteiger partial charge in [-0.25, -0.2) is 4.99 Å². The summed E-state index contributed by atoms with van der Waals surface area (Å²) in [6.07, 6.45) is 1.63. The Morgan fingerprint density at radius 1 is 1.23 bits per heavy atom. The van der Waals surface area contributed by atoms with Gasteiger partial charge >= 0.3 is 0 Å². The van der Waals surface area contributed by atoms with Crippen LogP contribution in [0, 0.1) is 6.92 Å². The molecule has 1 aliphatic rings. The molecule has 31 heavy (non-hydrogen) atoms. The van der Waals surface area contributed by atoms with E-state index in [1.54, 1.807) is 7.11 Å². The molecule has 0 aromatic heterocycles. The van der Waals surface area contributed by atoms with E-state index in [0.29, 0.717) is 19.5 Å². The van der Waals surface area contributed by atoms with Gasteiger partial charge in [-0.05, 0) is 44.4 Å². The second-order valence-corrected chi connectivity index (χ2v) is 8.05. The molecule has 1 amide bonds. The maximum Gasteiger partial charge on any atom is 0.222 e. The molecule has 1 fully saturated rings. The summed E-state index contributed by atoms with van der Waals surface area (Å²) in [4.78, 5) is 18.6. The van der Waals surface area contributed by atoms with Crippen LogP contribution in [0.15, 0.2) is 47.5 Å². The minimum atomic E-state index is 0.0418. The Balaban J connectivity index is 1.69. The van der Waals surface area contributed by atoms with Gasteiger partial charge < -0.3 is 20.3 Å². The highest BCUT2D eigenvalue weighted by molar-refractivity contribution is 5.80. The molecule has 1 saturated heterocycles. The van der Waals surface area contributed by atoms with Crippen LogP contribution in [-0.4, -0.2) is 37.0 Å². The van der Waals surface area contributed by atoms with E-state index in [4.69, 9.17) is 9.73 Å². The SMILES string of the molecule is CCNC(=NCc1cccc(CN2CCCC2=O)c1)NC(C)c1cc(C)ccc1OC. The lowest BCUT2D eigenvalue weighted by atomic mass is 10.0. The van der Waals surface area contributed by atoms with Crippen molar-refractivity contribution in [3.8, 4) is 5.75 Å². The molecule has 1 unspecified atom stereocenters. The first-order chi connectivity index (χ1) is 15.0. The Kier molecular flexibility index (Phi) is 7.93. The molecule has 1 atom stereocenters. The van der Waals surface area contributed by atoms with Gasteiger partial charge in [-0.1, -0.05) is 42.0 Å². The number of amides is 1. The lowest BCUT2D eigenvalue weighted by Gasteiger charge is -2.21. The zero-order valence-corrected chi connectivity index (χ0v) is 19.1. The summed E-state index contributed by atoms with van der Waals surface area (Å²) < 4.78 is 5.54. The Bertz CT molecular complexity index is 925. The van der Waals surface area contributed by atoms with E-state index in [0.717, 1.165) is 47.9 Å². The van der Waals surface area contributed by atoms with Gasteiger partial charge in [-0.15, -0.1) is 0 Å². The molecule has 0 radical (unpaired) electrons. The number of carbonyl (C=O) groups is 1. The van der Waals surface area contributed by atoms with Crippen LogP contribution < -0.4 is 15.4 Å². The Labute approximate surface area is 185 Å². The number of aryl methyl sites for hydroxylation is 1. The van der Waals surface area contributed by atoms with Crippen LogP contribution in [0.1, 0.15) is 55.0 Å². The van der Waals surface area contributed by atoms with Crippen LogP contribution in [0.5, 0.6) is 5.75 Å². The molecule has 0 aliphatic carbocycles. The number of rotatable bonds is 8. The molecule has 1 heterocycles. The highest BCUT2D eigenvalue weighted by Crippen LogP contribution is 2.26. The minimum absolute atomic E-state index is 0.0418. The van der Waals surface area contributed by atoms with Crippen LogP contribution in [0.2, 0.25) is 0 Å². The van der Waals surface area contributed by atoms with E-state index in [9.17, 15) is 4.79 Å². The van der Waals surface area contributed by atoms with E-state index >= 15 is 0 Å². The van der Waals surface area contributed by atoms with Crippen molar-refractivity contribution in [2.45, 2.75) is 52.7 Å². The third-order valence-corrected chi connectivity index (χ3v) is 5.51. The molecule has 2 N–H and O–H groups in total. The fraction of sp³-hybridized carbons (Fsp3) is 0.440.